The first-order chi connectivity index (χ1) is 8.34. The Morgan fingerprint density at radius 1 is 0.882 bits per heavy atom. The van der Waals surface area contributed by atoms with Crippen LogP contribution >= 0.6 is 8.60 Å². The van der Waals surface area contributed by atoms with Crippen molar-refractivity contribution in [2.45, 2.75) is 6.61 Å². The summed E-state index contributed by atoms with van der Waals surface area (Å²) in [7, 11) is -1.88. The summed E-state index contributed by atoms with van der Waals surface area (Å²) in [5.41, 5.74) is 1.01. The van der Waals surface area contributed by atoms with Crippen molar-refractivity contribution in [2.24, 2.45) is 0 Å². The van der Waals surface area contributed by atoms with Gasteiger partial charge in [0.05, 0.1) is 6.61 Å². The molecule has 0 spiro atoms. The van der Waals surface area contributed by atoms with Crippen LogP contribution in [0.15, 0.2) is 60.7 Å². The van der Waals surface area contributed by atoms with Gasteiger partial charge in [0.15, 0.2) is 0 Å². The second kappa shape index (κ2) is 6.36. The van der Waals surface area contributed by atoms with Crippen molar-refractivity contribution in [3.63, 3.8) is 0 Å². The minimum atomic E-state index is -1.88. The highest BCUT2D eigenvalue weighted by molar-refractivity contribution is 7.41. The van der Waals surface area contributed by atoms with Crippen LogP contribution in [0, 0.1) is 0 Å². The van der Waals surface area contributed by atoms with Gasteiger partial charge in [-0.25, -0.2) is 0 Å². The van der Waals surface area contributed by atoms with E-state index < -0.39 is 8.60 Å². The van der Waals surface area contributed by atoms with Crippen molar-refractivity contribution < 1.29 is 13.9 Å². The van der Waals surface area contributed by atoms with Gasteiger partial charge in [0.1, 0.15) is 5.75 Å². The molecule has 0 radical (unpaired) electrons. The Hall–Kier alpha value is -1.41. The Balaban J connectivity index is 1.80. The van der Waals surface area contributed by atoms with Crippen molar-refractivity contribution in [1.29, 1.82) is 0 Å². The van der Waals surface area contributed by atoms with Gasteiger partial charge in [-0.2, -0.15) is 0 Å². The quantitative estimate of drug-likeness (QED) is 0.823. The number of rotatable bonds is 5. The Labute approximate surface area is 102 Å². The molecule has 2 rings (SSSR count). The molecule has 0 saturated carbocycles. The predicted octanol–water partition coefficient (Wildman–Crippen LogP) is 3.50. The van der Waals surface area contributed by atoms with E-state index in [2.05, 4.69) is 0 Å². The van der Waals surface area contributed by atoms with Crippen LogP contribution in [0.5, 0.6) is 5.75 Å². The van der Waals surface area contributed by atoms with Crippen LogP contribution in [-0.2, 0) is 11.1 Å². The summed E-state index contributed by atoms with van der Waals surface area (Å²) in [5.74, 6) is 0.606. The van der Waals surface area contributed by atoms with Crippen LogP contribution in [0.2, 0.25) is 0 Å². The lowest BCUT2D eigenvalue weighted by Crippen LogP contribution is -1.93. The molecule has 0 aliphatic heterocycles. The molecule has 0 aromatic heterocycles. The standard InChI is InChI=1S/C13H13O3P/c14-17(16-13-9-5-2-6-10-13)15-11-12-7-3-1-4-8-12/h1-10,14H,11H2. The third kappa shape index (κ3) is 4.16. The summed E-state index contributed by atoms with van der Waals surface area (Å²) in [5, 5.41) is 0. The van der Waals surface area contributed by atoms with Gasteiger partial charge in [-0.05, 0) is 17.7 Å². The molecule has 1 atom stereocenters. The normalized spacial score (nSPS) is 12.1. The Morgan fingerprint density at radius 3 is 2.12 bits per heavy atom. The second-order valence-corrected chi connectivity index (χ2v) is 4.32. The summed E-state index contributed by atoms with van der Waals surface area (Å²) < 4.78 is 10.5. The van der Waals surface area contributed by atoms with Gasteiger partial charge in [-0.15, -0.1) is 0 Å². The second-order valence-electron chi connectivity index (χ2n) is 3.40. The van der Waals surface area contributed by atoms with Gasteiger partial charge in [0, 0.05) is 0 Å². The minimum absolute atomic E-state index is 0.343. The molecule has 1 unspecified atom stereocenters. The van der Waals surface area contributed by atoms with Crippen LogP contribution in [-0.4, -0.2) is 4.89 Å². The lowest BCUT2D eigenvalue weighted by atomic mass is 10.2. The number of para-hydroxylation sites is 1. The smallest absolute Gasteiger partial charge is 0.394 e. The summed E-state index contributed by atoms with van der Waals surface area (Å²) in [6.45, 7) is 0.343. The van der Waals surface area contributed by atoms with E-state index in [-0.39, 0.29) is 0 Å². The molecular weight excluding hydrogens is 235 g/mol. The SMILES string of the molecule is OP(OCc1ccccc1)Oc1ccccc1. The number of benzene rings is 2. The molecule has 0 fully saturated rings. The van der Waals surface area contributed by atoms with Crippen LogP contribution < -0.4 is 4.52 Å². The summed E-state index contributed by atoms with van der Waals surface area (Å²) in [6.07, 6.45) is 0. The van der Waals surface area contributed by atoms with E-state index in [4.69, 9.17) is 9.05 Å². The molecular formula is C13H13O3P. The molecule has 0 aliphatic rings. The third-order valence-corrected chi connectivity index (χ3v) is 2.83. The minimum Gasteiger partial charge on any atom is -0.427 e. The van der Waals surface area contributed by atoms with Crippen LogP contribution in [0.1, 0.15) is 5.56 Å². The fourth-order valence-corrected chi connectivity index (χ4v) is 1.92. The van der Waals surface area contributed by atoms with Crippen molar-refractivity contribution >= 4 is 8.60 Å². The molecule has 0 saturated heterocycles. The Bertz CT molecular complexity index is 433. The van der Waals surface area contributed by atoms with E-state index in [0.717, 1.165) is 5.56 Å². The van der Waals surface area contributed by atoms with E-state index in [1.54, 1.807) is 12.1 Å². The maximum absolute atomic E-state index is 9.58. The molecule has 0 aliphatic carbocycles. The zero-order chi connectivity index (χ0) is 11.9. The molecule has 88 valence electrons. The molecule has 3 nitrogen and oxygen atoms in total. The van der Waals surface area contributed by atoms with E-state index in [1.807, 2.05) is 48.5 Å². The highest BCUT2D eigenvalue weighted by atomic mass is 31.2. The van der Waals surface area contributed by atoms with Crippen molar-refractivity contribution in [1.82, 2.24) is 0 Å². The fourth-order valence-electron chi connectivity index (χ4n) is 1.30. The fraction of sp³-hybridized carbons (Fsp3) is 0.0769. The van der Waals surface area contributed by atoms with E-state index in [0.29, 0.717) is 12.4 Å². The highest BCUT2D eigenvalue weighted by Crippen LogP contribution is 2.35. The molecule has 17 heavy (non-hydrogen) atoms. The average molecular weight is 248 g/mol. The molecule has 2 aromatic rings. The topological polar surface area (TPSA) is 38.7 Å². The zero-order valence-corrected chi connectivity index (χ0v) is 10.1. The largest absolute Gasteiger partial charge is 0.427 e. The highest BCUT2D eigenvalue weighted by Gasteiger charge is 2.08. The lowest BCUT2D eigenvalue weighted by molar-refractivity contribution is 0.251. The Kier molecular flexibility index (Phi) is 4.51. The van der Waals surface area contributed by atoms with Crippen molar-refractivity contribution in [3.8, 4) is 5.75 Å². The molecule has 0 heterocycles. The van der Waals surface area contributed by atoms with Gasteiger partial charge >= 0.3 is 8.60 Å². The maximum atomic E-state index is 9.58. The number of hydrogen-bond donors (Lipinski definition) is 1. The first-order valence-electron chi connectivity index (χ1n) is 5.23. The maximum Gasteiger partial charge on any atom is 0.394 e. The van der Waals surface area contributed by atoms with E-state index in [1.165, 1.54) is 0 Å². The molecule has 1 N–H and O–H groups in total. The molecule has 0 bridgehead atoms. The average Bonchev–Trinajstić information content (AvgIpc) is 2.39. The van der Waals surface area contributed by atoms with Gasteiger partial charge in [-0.1, -0.05) is 48.5 Å². The summed E-state index contributed by atoms with van der Waals surface area (Å²) in [4.78, 5) is 9.58. The third-order valence-electron chi connectivity index (χ3n) is 2.11. The van der Waals surface area contributed by atoms with E-state index >= 15 is 0 Å². The van der Waals surface area contributed by atoms with Gasteiger partial charge < -0.3 is 9.42 Å². The zero-order valence-electron chi connectivity index (χ0n) is 9.19. The molecule has 2 aromatic carbocycles. The van der Waals surface area contributed by atoms with Crippen LogP contribution in [0.4, 0.5) is 0 Å². The lowest BCUT2D eigenvalue weighted by Gasteiger charge is -2.11. The van der Waals surface area contributed by atoms with E-state index in [9.17, 15) is 4.89 Å². The van der Waals surface area contributed by atoms with Gasteiger partial charge in [0.2, 0.25) is 0 Å². The monoisotopic (exact) mass is 248 g/mol. The molecule has 4 heteroatoms. The van der Waals surface area contributed by atoms with Gasteiger partial charge in [0.25, 0.3) is 0 Å². The number of hydrogen-bond acceptors (Lipinski definition) is 3. The predicted molar refractivity (Wildman–Crippen MR) is 67.4 cm³/mol. The molecule has 0 amide bonds. The first kappa shape index (κ1) is 12.1. The first-order valence-corrected chi connectivity index (χ1v) is 6.36. The van der Waals surface area contributed by atoms with Crippen molar-refractivity contribution in [2.75, 3.05) is 0 Å². The summed E-state index contributed by atoms with van der Waals surface area (Å²) in [6, 6.07) is 18.8. The Morgan fingerprint density at radius 2 is 1.47 bits per heavy atom. The van der Waals surface area contributed by atoms with Crippen molar-refractivity contribution in [3.05, 3.63) is 66.2 Å². The van der Waals surface area contributed by atoms with Crippen LogP contribution in [0.3, 0.4) is 0 Å². The van der Waals surface area contributed by atoms with Gasteiger partial charge in [-0.3, -0.25) is 4.52 Å². The summed E-state index contributed by atoms with van der Waals surface area (Å²) >= 11 is 0. The van der Waals surface area contributed by atoms with Crippen LogP contribution in [0.25, 0.3) is 0 Å².